The van der Waals surface area contributed by atoms with Crippen LogP contribution in [0.15, 0.2) is 36.5 Å². The third-order valence-corrected chi connectivity index (χ3v) is 2.78. The number of nitrogens with two attached hydrogens (primary N) is 1. The second kappa shape index (κ2) is 9.00. The van der Waals surface area contributed by atoms with Crippen LogP contribution in [0.25, 0.3) is 10.9 Å². The molecule has 23 heavy (non-hydrogen) atoms. The third kappa shape index (κ3) is 6.02. The number of aromatic amines is 1. The van der Waals surface area contributed by atoms with Crippen molar-refractivity contribution in [3.8, 4) is 0 Å². The molecule has 2 aromatic rings. The van der Waals surface area contributed by atoms with Crippen molar-refractivity contribution in [2.24, 2.45) is 5.73 Å². The van der Waals surface area contributed by atoms with Gasteiger partial charge in [-0.05, 0) is 36.7 Å². The summed E-state index contributed by atoms with van der Waals surface area (Å²) in [5.41, 5.74) is 8.57. The van der Waals surface area contributed by atoms with Crippen molar-refractivity contribution in [1.82, 2.24) is 4.98 Å². The Morgan fingerprint density at radius 1 is 1.22 bits per heavy atom. The van der Waals surface area contributed by atoms with Crippen molar-refractivity contribution in [3.63, 3.8) is 0 Å². The van der Waals surface area contributed by atoms with Crippen LogP contribution in [0.2, 0.25) is 0 Å². The van der Waals surface area contributed by atoms with Crippen LogP contribution in [0, 0.1) is 0 Å². The molecule has 0 bridgehead atoms. The Labute approximate surface area is 131 Å². The zero-order valence-corrected chi connectivity index (χ0v) is 12.2. The fraction of sp³-hybridized carbons (Fsp3) is 0.133. The lowest BCUT2D eigenvalue weighted by Gasteiger charge is -2.00. The van der Waals surface area contributed by atoms with E-state index >= 15 is 0 Å². The molecule has 0 spiro atoms. The average Bonchev–Trinajstić information content (AvgIpc) is 2.89. The van der Waals surface area contributed by atoms with Crippen molar-refractivity contribution in [2.45, 2.75) is 6.42 Å². The molecule has 0 aliphatic heterocycles. The first kappa shape index (κ1) is 17.9. The van der Waals surface area contributed by atoms with Crippen LogP contribution < -0.4 is 11.1 Å². The van der Waals surface area contributed by atoms with Crippen LogP contribution in [0.5, 0.6) is 0 Å². The molecule has 0 unspecified atom stereocenters. The number of aliphatic carboxylic acids is 2. The number of anilines is 1. The number of amides is 1. The first-order chi connectivity index (χ1) is 11.0. The lowest BCUT2D eigenvalue weighted by molar-refractivity contribution is -0.134. The van der Waals surface area contributed by atoms with Crippen molar-refractivity contribution >= 4 is 34.9 Å². The molecule has 0 aliphatic rings. The second-order valence-corrected chi connectivity index (χ2v) is 4.38. The highest BCUT2D eigenvalue weighted by atomic mass is 16.4. The van der Waals surface area contributed by atoms with E-state index in [9.17, 15) is 14.4 Å². The molecule has 1 aromatic carbocycles. The number of nitrogens with one attached hydrogen (secondary N) is 2. The molecule has 122 valence electrons. The predicted molar refractivity (Wildman–Crippen MR) is 85.2 cm³/mol. The monoisotopic (exact) mass is 319 g/mol. The smallest absolute Gasteiger partial charge is 0.328 e. The molecule has 0 atom stereocenters. The van der Waals surface area contributed by atoms with Gasteiger partial charge in [0.15, 0.2) is 0 Å². The summed E-state index contributed by atoms with van der Waals surface area (Å²) < 4.78 is 0. The number of aromatic nitrogens is 1. The first-order valence-corrected chi connectivity index (χ1v) is 6.62. The minimum absolute atomic E-state index is 0.558. The van der Waals surface area contributed by atoms with Gasteiger partial charge in [-0.25, -0.2) is 9.59 Å². The summed E-state index contributed by atoms with van der Waals surface area (Å²) in [4.78, 5) is 32.6. The van der Waals surface area contributed by atoms with Gasteiger partial charge in [-0.2, -0.15) is 0 Å². The summed E-state index contributed by atoms with van der Waals surface area (Å²) in [6.07, 6.45) is 4.59. The van der Waals surface area contributed by atoms with Gasteiger partial charge in [0, 0.05) is 34.9 Å². The number of hydrogen-bond acceptors (Lipinski definition) is 4. The van der Waals surface area contributed by atoms with E-state index in [4.69, 9.17) is 15.9 Å². The molecule has 1 heterocycles. The maximum Gasteiger partial charge on any atom is 0.328 e. The van der Waals surface area contributed by atoms with Crippen molar-refractivity contribution < 1.29 is 24.6 Å². The van der Waals surface area contributed by atoms with Crippen LogP contribution in [-0.2, 0) is 20.8 Å². The number of hydrogen-bond donors (Lipinski definition) is 5. The average molecular weight is 319 g/mol. The van der Waals surface area contributed by atoms with Crippen LogP contribution in [0.1, 0.15) is 5.56 Å². The summed E-state index contributed by atoms with van der Waals surface area (Å²) in [7, 11) is 0. The van der Waals surface area contributed by atoms with E-state index in [1.807, 2.05) is 24.4 Å². The van der Waals surface area contributed by atoms with Gasteiger partial charge in [0.25, 0.3) is 0 Å². The lowest BCUT2D eigenvalue weighted by atomic mass is 10.1. The molecule has 8 nitrogen and oxygen atoms in total. The van der Waals surface area contributed by atoms with Gasteiger partial charge in [-0.3, -0.25) is 4.79 Å². The molecular formula is C15H17N3O5. The van der Waals surface area contributed by atoms with Gasteiger partial charge in [-0.15, -0.1) is 0 Å². The van der Waals surface area contributed by atoms with Crippen molar-refractivity contribution in [1.29, 1.82) is 0 Å². The Kier molecular flexibility index (Phi) is 7.02. The van der Waals surface area contributed by atoms with Crippen molar-refractivity contribution in [2.75, 3.05) is 11.9 Å². The molecule has 0 aliphatic carbocycles. The quantitative estimate of drug-likeness (QED) is 0.396. The second-order valence-electron chi connectivity index (χ2n) is 4.38. The molecule has 0 fully saturated rings. The highest BCUT2D eigenvalue weighted by Crippen LogP contribution is 2.22. The summed E-state index contributed by atoms with van der Waals surface area (Å²) in [6.45, 7) is 0.623. The minimum atomic E-state index is -1.26. The molecule has 0 saturated carbocycles. The molecule has 0 radical (unpaired) electrons. The number of carboxylic acids is 2. The van der Waals surface area contributed by atoms with Gasteiger partial charge in [0.05, 0.1) is 0 Å². The van der Waals surface area contributed by atoms with E-state index in [1.165, 1.54) is 5.56 Å². The topological polar surface area (TPSA) is 146 Å². The van der Waals surface area contributed by atoms with E-state index in [0.717, 1.165) is 23.0 Å². The number of H-pyrrole nitrogens is 1. The SMILES string of the molecule is NCCc1c[nH]c2ccc(NC=O)cc12.O=C(O)/C=C\C(=O)O. The van der Waals surface area contributed by atoms with Crippen LogP contribution in [0.4, 0.5) is 5.69 Å². The molecule has 0 saturated heterocycles. The van der Waals surface area contributed by atoms with Crippen LogP contribution >= 0.6 is 0 Å². The Morgan fingerprint density at radius 3 is 2.39 bits per heavy atom. The van der Waals surface area contributed by atoms with Gasteiger partial charge in [0.2, 0.25) is 6.41 Å². The minimum Gasteiger partial charge on any atom is -0.478 e. The Morgan fingerprint density at radius 2 is 1.87 bits per heavy atom. The Hall–Kier alpha value is -3.13. The normalized spacial score (nSPS) is 10.1. The number of carbonyl (C=O) groups is 3. The fourth-order valence-corrected chi connectivity index (χ4v) is 1.84. The zero-order chi connectivity index (χ0) is 17.2. The van der Waals surface area contributed by atoms with E-state index in [1.54, 1.807) is 0 Å². The Balaban J connectivity index is 0.000000284. The molecule has 6 N–H and O–H groups in total. The van der Waals surface area contributed by atoms with Crippen LogP contribution in [-0.4, -0.2) is 40.1 Å². The molecular weight excluding hydrogens is 302 g/mol. The maximum absolute atomic E-state index is 10.3. The summed E-state index contributed by atoms with van der Waals surface area (Å²) >= 11 is 0. The number of carboxylic acid groups (broad SMARTS) is 2. The Bertz CT molecular complexity index is 705. The highest BCUT2D eigenvalue weighted by molar-refractivity contribution is 5.89. The lowest BCUT2D eigenvalue weighted by Crippen LogP contribution is -2.02. The number of fused-ring (bicyclic) bond motifs is 1. The van der Waals surface area contributed by atoms with Gasteiger partial charge in [0.1, 0.15) is 0 Å². The van der Waals surface area contributed by atoms with Gasteiger partial charge in [-0.1, -0.05) is 0 Å². The standard InChI is InChI=1S/C11H13N3O.C4H4O4/c12-4-3-8-6-13-11-2-1-9(14-7-15)5-10(8)11;5-3(6)1-2-4(7)8/h1-2,5-7,13H,3-4,12H2,(H,14,15);1-2H,(H,5,6)(H,7,8)/b;2-1-. The zero-order valence-electron chi connectivity index (χ0n) is 12.2. The molecule has 1 aromatic heterocycles. The van der Waals surface area contributed by atoms with E-state index < -0.39 is 11.9 Å². The number of benzene rings is 1. The largest absolute Gasteiger partial charge is 0.478 e. The molecule has 1 amide bonds. The summed E-state index contributed by atoms with van der Waals surface area (Å²) in [6, 6.07) is 5.76. The fourth-order valence-electron chi connectivity index (χ4n) is 1.84. The van der Waals surface area contributed by atoms with E-state index in [-0.39, 0.29) is 0 Å². The van der Waals surface area contributed by atoms with E-state index in [0.29, 0.717) is 25.1 Å². The van der Waals surface area contributed by atoms with Gasteiger partial charge < -0.3 is 26.2 Å². The van der Waals surface area contributed by atoms with E-state index in [2.05, 4.69) is 10.3 Å². The van der Waals surface area contributed by atoms with Gasteiger partial charge >= 0.3 is 11.9 Å². The summed E-state index contributed by atoms with van der Waals surface area (Å²) in [5.74, 6) is -2.51. The molecule has 8 heteroatoms. The number of carbonyl (C=O) groups excluding carboxylic acids is 1. The highest BCUT2D eigenvalue weighted by Gasteiger charge is 2.03. The third-order valence-electron chi connectivity index (χ3n) is 2.78. The number of rotatable bonds is 6. The van der Waals surface area contributed by atoms with Crippen molar-refractivity contribution in [3.05, 3.63) is 42.1 Å². The molecule has 2 rings (SSSR count). The maximum atomic E-state index is 10.3. The van der Waals surface area contributed by atoms with Crippen LogP contribution in [0.3, 0.4) is 0 Å². The first-order valence-electron chi connectivity index (χ1n) is 6.62. The summed E-state index contributed by atoms with van der Waals surface area (Å²) in [5, 5.41) is 19.4. The predicted octanol–water partition coefficient (Wildman–Crippen LogP) is 0.949.